The number of hydrogen-bond acceptors (Lipinski definition) is 3. The van der Waals surface area contributed by atoms with Gasteiger partial charge in [0.05, 0.1) is 5.56 Å². The van der Waals surface area contributed by atoms with E-state index in [2.05, 4.69) is 5.32 Å². The van der Waals surface area contributed by atoms with E-state index in [1.807, 2.05) is 6.92 Å². The second-order valence-electron chi connectivity index (χ2n) is 4.29. The fraction of sp³-hybridized carbons (Fsp3) is 0.462. The molecule has 0 bridgehead atoms. The maximum Gasteiger partial charge on any atom is 0.335 e. The summed E-state index contributed by atoms with van der Waals surface area (Å²) < 4.78 is 27.2. The molecule has 1 rings (SSSR count). The van der Waals surface area contributed by atoms with Crippen LogP contribution in [-0.2, 0) is 0 Å². The lowest BCUT2D eigenvalue weighted by Crippen LogP contribution is -2.17. The normalized spacial score (nSPS) is 12.2. The molecule has 0 saturated carbocycles. The minimum absolute atomic E-state index is 0.0170. The Bertz CT molecular complexity index is 429. The zero-order valence-corrected chi connectivity index (χ0v) is 10.6. The minimum Gasteiger partial charge on any atom is -0.478 e. The Hall–Kier alpha value is -1.69. The van der Waals surface area contributed by atoms with E-state index in [0.717, 1.165) is 18.6 Å². The van der Waals surface area contributed by atoms with Gasteiger partial charge in [-0.25, -0.2) is 13.6 Å². The van der Waals surface area contributed by atoms with Crippen molar-refractivity contribution < 1.29 is 23.8 Å². The number of aromatic carboxylic acids is 1. The summed E-state index contributed by atoms with van der Waals surface area (Å²) in [6, 6.07) is 1.56. The quantitative estimate of drug-likeness (QED) is 0.714. The van der Waals surface area contributed by atoms with Crippen LogP contribution < -0.4 is 5.32 Å². The SMILES string of the molecule is CCC(CCO)CNc1c(F)cc(C(=O)O)cc1F. The number of aliphatic hydroxyl groups is 1. The van der Waals surface area contributed by atoms with Crippen LogP contribution in [0.25, 0.3) is 0 Å². The number of carbonyl (C=O) groups is 1. The minimum atomic E-state index is -1.38. The first kappa shape index (κ1) is 15.4. The Morgan fingerprint density at radius 2 is 1.95 bits per heavy atom. The smallest absolute Gasteiger partial charge is 0.335 e. The number of halogens is 2. The Labute approximate surface area is 110 Å². The highest BCUT2D eigenvalue weighted by molar-refractivity contribution is 5.88. The molecular weight excluding hydrogens is 256 g/mol. The second kappa shape index (κ2) is 7.04. The molecule has 3 N–H and O–H groups in total. The summed E-state index contributed by atoms with van der Waals surface area (Å²) in [5.74, 6) is -3.15. The summed E-state index contributed by atoms with van der Waals surface area (Å²) in [6.45, 7) is 2.25. The van der Waals surface area contributed by atoms with Gasteiger partial charge in [0.1, 0.15) is 17.3 Å². The van der Waals surface area contributed by atoms with Crippen molar-refractivity contribution in [1.82, 2.24) is 0 Å². The molecule has 0 amide bonds. The van der Waals surface area contributed by atoms with Crippen molar-refractivity contribution in [2.75, 3.05) is 18.5 Å². The Balaban J connectivity index is 2.81. The van der Waals surface area contributed by atoms with E-state index >= 15 is 0 Å². The fourth-order valence-electron chi connectivity index (χ4n) is 1.74. The van der Waals surface area contributed by atoms with E-state index in [0.29, 0.717) is 13.0 Å². The predicted molar refractivity (Wildman–Crippen MR) is 67.3 cm³/mol. The van der Waals surface area contributed by atoms with Crippen molar-refractivity contribution in [2.24, 2.45) is 5.92 Å². The van der Waals surface area contributed by atoms with Gasteiger partial charge in [0.25, 0.3) is 0 Å². The topological polar surface area (TPSA) is 69.6 Å². The molecule has 1 aromatic rings. The molecule has 0 spiro atoms. The maximum atomic E-state index is 13.6. The highest BCUT2D eigenvalue weighted by Crippen LogP contribution is 2.22. The third-order valence-electron chi connectivity index (χ3n) is 2.97. The molecule has 0 radical (unpaired) electrons. The van der Waals surface area contributed by atoms with Gasteiger partial charge in [-0.15, -0.1) is 0 Å². The lowest BCUT2D eigenvalue weighted by molar-refractivity contribution is 0.0696. The first-order chi connectivity index (χ1) is 8.99. The number of nitrogens with one attached hydrogen (secondary N) is 1. The molecule has 0 fully saturated rings. The van der Waals surface area contributed by atoms with E-state index in [9.17, 15) is 13.6 Å². The van der Waals surface area contributed by atoms with Crippen LogP contribution in [0.1, 0.15) is 30.1 Å². The van der Waals surface area contributed by atoms with Gasteiger partial charge in [-0.1, -0.05) is 13.3 Å². The van der Waals surface area contributed by atoms with E-state index < -0.39 is 23.2 Å². The van der Waals surface area contributed by atoms with E-state index in [1.54, 1.807) is 0 Å². The first-order valence-electron chi connectivity index (χ1n) is 6.06. The number of benzene rings is 1. The molecule has 106 valence electrons. The molecule has 0 heterocycles. The molecule has 0 saturated heterocycles. The van der Waals surface area contributed by atoms with Crippen molar-refractivity contribution >= 4 is 11.7 Å². The van der Waals surface area contributed by atoms with Gasteiger partial charge >= 0.3 is 5.97 Å². The number of carboxylic acids is 1. The fourth-order valence-corrected chi connectivity index (χ4v) is 1.74. The number of rotatable bonds is 7. The van der Waals surface area contributed by atoms with Crippen molar-refractivity contribution in [1.29, 1.82) is 0 Å². The summed E-state index contributed by atoms with van der Waals surface area (Å²) in [4.78, 5) is 10.6. The van der Waals surface area contributed by atoms with Crippen LogP contribution in [0.4, 0.5) is 14.5 Å². The predicted octanol–water partition coefficient (Wildman–Crippen LogP) is 2.48. The Morgan fingerprint density at radius 1 is 1.37 bits per heavy atom. The average molecular weight is 273 g/mol. The second-order valence-corrected chi connectivity index (χ2v) is 4.29. The Kier molecular flexibility index (Phi) is 5.69. The first-order valence-corrected chi connectivity index (χ1v) is 6.06. The largest absolute Gasteiger partial charge is 0.478 e. The summed E-state index contributed by atoms with van der Waals surface area (Å²) in [5.41, 5.74) is -0.760. The lowest BCUT2D eigenvalue weighted by Gasteiger charge is -2.16. The summed E-state index contributed by atoms with van der Waals surface area (Å²) >= 11 is 0. The van der Waals surface area contributed by atoms with Crippen LogP contribution in [0.3, 0.4) is 0 Å². The van der Waals surface area contributed by atoms with Crippen molar-refractivity contribution in [3.8, 4) is 0 Å². The highest BCUT2D eigenvalue weighted by Gasteiger charge is 2.15. The standard InChI is InChI=1S/C13H17F2NO3/c1-2-8(3-4-17)7-16-12-10(14)5-9(13(18)19)6-11(12)15/h5-6,8,16-17H,2-4,7H2,1H3,(H,18,19). The third kappa shape index (κ3) is 4.17. The van der Waals surface area contributed by atoms with Gasteiger partial charge in [-0.3, -0.25) is 0 Å². The zero-order chi connectivity index (χ0) is 14.4. The van der Waals surface area contributed by atoms with Gasteiger partial charge in [0.15, 0.2) is 0 Å². The molecule has 4 nitrogen and oxygen atoms in total. The van der Waals surface area contributed by atoms with E-state index in [4.69, 9.17) is 10.2 Å². The van der Waals surface area contributed by atoms with E-state index in [1.165, 1.54) is 0 Å². The molecule has 1 unspecified atom stereocenters. The summed E-state index contributed by atoms with van der Waals surface area (Å²) in [7, 11) is 0. The molecule has 1 aromatic carbocycles. The van der Waals surface area contributed by atoms with Crippen molar-refractivity contribution in [3.05, 3.63) is 29.3 Å². The highest BCUT2D eigenvalue weighted by atomic mass is 19.1. The number of aliphatic hydroxyl groups excluding tert-OH is 1. The molecule has 19 heavy (non-hydrogen) atoms. The summed E-state index contributed by atoms with van der Waals surface area (Å²) in [6.07, 6.45) is 1.31. The van der Waals surface area contributed by atoms with Crippen molar-refractivity contribution in [3.63, 3.8) is 0 Å². The van der Waals surface area contributed by atoms with Crippen LogP contribution >= 0.6 is 0 Å². The van der Waals surface area contributed by atoms with Gasteiger partial charge in [0, 0.05) is 13.2 Å². The molecule has 0 aromatic heterocycles. The average Bonchev–Trinajstić information content (AvgIpc) is 2.36. The number of anilines is 1. The zero-order valence-electron chi connectivity index (χ0n) is 10.6. The van der Waals surface area contributed by atoms with Gasteiger partial charge in [-0.2, -0.15) is 0 Å². The molecular formula is C13H17F2NO3. The maximum absolute atomic E-state index is 13.6. The van der Waals surface area contributed by atoms with Gasteiger partial charge in [0.2, 0.25) is 0 Å². The lowest BCUT2D eigenvalue weighted by atomic mass is 10.0. The van der Waals surface area contributed by atoms with Gasteiger partial charge in [-0.05, 0) is 24.5 Å². The monoisotopic (exact) mass is 273 g/mol. The molecule has 0 aliphatic rings. The Morgan fingerprint density at radius 3 is 2.37 bits per heavy atom. The molecule has 6 heteroatoms. The van der Waals surface area contributed by atoms with E-state index in [-0.39, 0.29) is 18.2 Å². The van der Waals surface area contributed by atoms with Crippen molar-refractivity contribution in [2.45, 2.75) is 19.8 Å². The van der Waals surface area contributed by atoms with Gasteiger partial charge < -0.3 is 15.5 Å². The molecule has 1 atom stereocenters. The molecule has 0 aliphatic heterocycles. The number of hydrogen-bond donors (Lipinski definition) is 3. The molecule has 0 aliphatic carbocycles. The van der Waals surface area contributed by atoms with Crippen LogP contribution in [0.2, 0.25) is 0 Å². The van der Waals surface area contributed by atoms with Crippen LogP contribution in [-0.4, -0.2) is 29.3 Å². The third-order valence-corrected chi connectivity index (χ3v) is 2.97. The van der Waals surface area contributed by atoms with Crippen LogP contribution in [0, 0.1) is 17.6 Å². The summed E-state index contributed by atoms with van der Waals surface area (Å²) in [5, 5.41) is 20.1. The van der Waals surface area contributed by atoms with Crippen LogP contribution in [0.15, 0.2) is 12.1 Å². The number of carboxylic acid groups (broad SMARTS) is 1. The van der Waals surface area contributed by atoms with Crippen LogP contribution in [0.5, 0.6) is 0 Å².